The molecule has 1 aromatic carbocycles. The monoisotopic (exact) mass is 248 g/mol. The Kier molecular flexibility index (Phi) is 2.13. The summed E-state index contributed by atoms with van der Waals surface area (Å²) in [5, 5.41) is 0. The number of nitrogens with two attached hydrogens (primary N) is 1. The van der Waals surface area contributed by atoms with Crippen LogP contribution in [0.15, 0.2) is 21.1 Å². The largest absolute Gasteiger partial charge is 0.399 e. The molecular weight excluding hydrogens is 246 g/mol. The highest BCUT2D eigenvalue weighted by Crippen LogP contribution is 2.19. The van der Waals surface area contributed by atoms with Crippen LogP contribution in [0.2, 0.25) is 0 Å². The van der Waals surface area contributed by atoms with E-state index in [0.717, 1.165) is 14.6 Å². The third-order valence-electron chi connectivity index (χ3n) is 0.826. The Morgan fingerprint density at radius 1 is 1.22 bits per heavy atom. The van der Waals surface area contributed by atoms with Gasteiger partial charge in [-0.2, -0.15) is 0 Å². The van der Waals surface area contributed by atoms with Gasteiger partial charge in [0.05, 0.1) is 0 Å². The highest BCUT2D eigenvalue weighted by atomic mass is 79.9. The van der Waals surface area contributed by atoms with Crippen molar-refractivity contribution >= 4 is 37.5 Å². The standard InChI is InChI=1S/C6H4Br2N/c7-4-1-5(8)3-6(9)2-4/h2-3H,9H2. The fourth-order valence-corrected chi connectivity index (χ4v) is 1.74. The van der Waals surface area contributed by atoms with Crippen LogP contribution >= 0.6 is 31.9 Å². The molecule has 0 amide bonds. The lowest BCUT2D eigenvalue weighted by Gasteiger charge is -1.93. The molecule has 0 saturated heterocycles. The summed E-state index contributed by atoms with van der Waals surface area (Å²) in [4.78, 5) is 0. The van der Waals surface area contributed by atoms with Gasteiger partial charge in [0.25, 0.3) is 0 Å². The molecule has 0 aromatic heterocycles. The molecule has 0 aliphatic rings. The van der Waals surface area contributed by atoms with Gasteiger partial charge in [0.2, 0.25) is 0 Å². The second-order valence-corrected chi connectivity index (χ2v) is 3.32. The maximum atomic E-state index is 5.48. The average Bonchev–Trinajstić information content (AvgIpc) is 1.59. The maximum absolute atomic E-state index is 5.48. The summed E-state index contributed by atoms with van der Waals surface area (Å²) in [7, 11) is 0. The van der Waals surface area contributed by atoms with Gasteiger partial charge in [-0.1, -0.05) is 31.9 Å². The van der Waals surface area contributed by atoms with E-state index >= 15 is 0 Å². The van der Waals surface area contributed by atoms with Crippen molar-refractivity contribution in [3.05, 3.63) is 27.1 Å². The van der Waals surface area contributed by atoms with Crippen LogP contribution < -0.4 is 5.73 Å². The van der Waals surface area contributed by atoms with Crippen molar-refractivity contribution in [2.24, 2.45) is 0 Å². The van der Waals surface area contributed by atoms with Gasteiger partial charge in [-0.25, -0.2) is 0 Å². The summed E-state index contributed by atoms with van der Waals surface area (Å²) in [6.07, 6.45) is 0. The molecule has 0 fully saturated rings. The molecule has 47 valence electrons. The van der Waals surface area contributed by atoms with Crippen molar-refractivity contribution in [3.63, 3.8) is 0 Å². The number of nitrogen functional groups attached to an aromatic ring is 1. The lowest BCUT2D eigenvalue weighted by atomic mass is 10.3. The number of rotatable bonds is 0. The van der Waals surface area contributed by atoms with Crippen molar-refractivity contribution in [2.75, 3.05) is 5.73 Å². The van der Waals surface area contributed by atoms with Crippen LogP contribution in [0.4, 0.5) is 5.69 Å². The van der Waals surface area contributed by atoms with Crippen LogP contribution in [0.3, 0.4) is 0 Å². The predicted molar refractivity (Wildman–Crippen MR) is 45.1 cm³/mol. The normalized spacial score (nSPS) is 9.56. The van der Waals surface area contributed by atoms with E-state index in [4.69, 9.17) is 5.73 Å². The zero-order valence-electron chi connectivity index (χ0n) is 4.49. The molecule has 1 nitrogen and oxygen atoms in total. The molecule has 1 aromatic rings. The zero-order valence-corrected chi connectivity index (χ0v) is 7.66. The first-order chi connectivity index (χ1) is 4.18. The summed E-state index contributed by atoms with van der Waals surface area (Å²) >= 11 is 6.49. The molecule has 9 heavy (non-hydrogen) atoms. The Bertz CT molecular complexity index is 172. The Morgan fingerprint density at radius 3 is 2.00 bits per heavy atom. The van der Waals surface area contributed by atoms with Crippen molar-refractivity contribution in [3.8, 4) is 0 Å². The smallest absolute Gasteiger partial charge is 0.0337 e. The predicted octanol–water partition coefficient (Wildman–Crippen LogP) is 2.59. The van der Waals surface area contributed by atoms with Crippen molar-refractivity contribution < 1.29 is 0 Å². The first-order valence-electron chi connectivity index (χ1n) is 2.32. The van der Waals surface area contributed by atoms with Crippen LogP contribution in [-0.4, -0.2) is 0 Å². The Morgan fingerprint density at radius 2 is 1.67 bits per heavy atom. The molecule has 1 radical (unpaired) electrons. The molecule has 0 bridgehead atoms. The number of anilines is 1. The topological polar surface area (TPSA) is 26.0 Å². The van der Waals surface area contributed by atoms with E-state index < -0.39 is 0 Å². The second kappa shape index (κ2) is 2.71. The Labute approximate surface area is 70.5 Å². The fourth-order valence-electron chi connectivity index (χ4n) is 0.521. The van der Waals surface area contributed by atoms with Gasteiger partial charge in [0, 0.05) is 20.7 Å². The minimum absolute atomic E-state index is 0.729. The van der Waals surface area contributed by atoms with E-state index in [2.05, 4.69) is 37.9 Å². The highest BCUT2D eigenvalue weighted by Gasteiger charge is 1.91. The third-order valence-corrected chi connectivity index (χ3v) is 1.68. The Balaban J connectivity index is 3.17. The quantitative estimate of drug-likeness (QED) is 0.703. The lowest BCUT2D eigenvalue weighted by molar-refractivity contribution is 1.57. The summed E-state index contributed by atoms with van der Waals surface area (Å²) in [5.41, 5.74) is 6.21. The van der Waals surface area contributed by atoms with E-state index in [0.29, 0.717) is 0 Å². The average molecular weight is 250 g/mol. The van der Waals surface area contributed by atoms with Gasteiger partial charge in [-0.3, -0.25) is 0 Å². The SMILES string of the molecule is Nc1cc(Br)[c]c(Br)c1. The Hall–Kier alpha value is -0.0200. The van der Waals surface area contributed by atoms with Gasteiger partial charge in [0.15, 0.2) is 0 Å². The molecule has 3 heteroatoms. The van der Waals surface area contributed by atoms with Gasteiger partial charge in [0.1, 0.15) is 0 Å². The minimum atomic E-state index is 0.729. The highest BCUT2D eigenvalue weighted by molar-refractivity contribution is 9.11. The molecule has 0 spiro atoms. The van der Waals surface area contributed by atoms with Crippen molar-refractivity contribution in [1.29, 1.82) is 0 Å². The zero-order chi connectivity index (χ0) is 6.85. The molecule has 2 N–H and O–H groups in total. The van der Waals surface area contributed by atoms with E-state index in [1.54, 1.807) is 12.1 Å². The molecule has 0 aliphatic carbocycles. The van der Waals surface area contributed by atoms with Gasteiger partial charge >= 0.3 is 0 Å². The van der Waals surface area contributed by atoms with Crippen LogP contribution in [-0.2, 0) is 0 Å². The maximum Gasteiger partial charge on any atom is 0.0337 e. The van der Waals surface area contributed by atoms with Gasteiger partial charge in [-0.15, -0.1) is 0 Å². The minimum Gasteiger partial charge on any atom is -0.399 e. The van der Waals surface area contributed by atoms with E-state index in [1.807, 2.05) is 0 Å². The van der Waals surface area contributed by atoms with E-state index in [9.17, 15) is 0 Å². The number of hydrogen-bond donors (Lipinski definition) is 1. The molecule has 1 rings (SSSR count). The van der Waals surface area contributed by atoms with E-state index in [-0.39, 0.29) is 0 Å². The summed E-state index contributed by atoms with van der Waals surface area (Å²) in [6, 6.07) is 6.56. The molecule has 0 saturated carbocycles. The summed E-state index contributed by atoms with van der Waals surface area (Å²) in [6.45, 7) is 0. The first kappa shape index (κ1) is 7.09. The second-order valence-electron chi connectivity index (χ2n) is 1.61. The van der Waals surface area contributed by atoms with Crippen LogP contribution in [0.5, 0.6) is 0 Å². The number of hydrogen-bond acceptors (Lipinski definition) is 1. The summed E-state index contributed by atoms with van der Waals surface area (Å²) in [5.74, 6) is 0. The molecule has 0 heterocycles. The molecule has 0 atom stereocenters. The number of halogens is 2. The van der Waals surface area contributed by atoms with Crippen molar-refractivity contribution in [2.45, 2.75) is 0 Å². The van der Waals surface area contributed by atoms with Crippen LogP contribution in [0, 0.1) is 6.07 Å². The third kappa shape index (κ3) is 1.99. The summed E-state index contributed by atoms with van der Waals surface area (Å²) < 4.78 is 1.74. The van der Waals surface area contributed by atoms with E-state index in [1.165, 1.54) is 0 Å². The molecular formula is C6H4Br2N. The number of benzene rings is 1. The molecule has 0 unspecified atom stereocenters. The fraction of sp³-hybridized carbons (Fsp3) is 0. The first-order valence-corrected chi connectivity index (χ1v) is 3.91. The molecule has 0 aliphatic heterocycles. The van der Waals surface area contributed by atoms with Gasteiger partial charge < -0.3 is 5.73 Å². The van der Waals surface area contributed by atoms with Crippen LogP contribution in [0.1, 0.15) is 0 Å². The van der Waals surface area contributed by atoms with Gasteiger partial charge in [-0.05, 0) is 12.1 Å². The van der Waals surface area contributed by atoms with Crippen LogP contribution in [0.25, 0.3) is 0 Å². The lowest BCUT2D eigenvalue weighted by Crippen LogP contribution is -1.83. The van der Waals surface area contributed by atoms with Crippen molar-refractivity contribution in [1.82, 2.24) is 0 Å².